The standard InChI is InChI=1S/C23H23N3O5/c1-23(2,3)26(22(29)30)20-21(28)25-12-15(27)13-31-17-11-7-10-16(19(17)25)18(24-20)14-8-5-4-6-9-14/h4-11,20H,12-13H2,1-3H3,(H,29,30). The molecule has 0 fully saturated rings. The Bertz CT molecular complexity index is 1090. The predicted molar refractivity (Wildman–Crippen MR) is 115 cm³/mol. The number of hydrogen-bond acceptors (Lipinski definition) is 5. The van der Waals surface area contributed by atoms with Crippen LogP contribution in [0.1, 0.15) is 31.9 Å². The number of ketones is 1. The van der Waals surface area contributed by atoms with E-state index in [0.717, 1.165) is 10.5 Å². The fourth-order valence-corrected chi connectivity index (χ4v) is 3.89. The summed E-state index contributed by atoms with van der Waals surface area (Å²) in [5.74, 6) is -0.482. The average molecular weight is 421 g/mol. The van der Waals surface area contributed by atoms with Gasteiger partial charge in [-0.25, -0.2) is 9.79 Å². The number of hydrogen-bond donors (Lipinski definition) is 1. The molecule has 0 aromatic heterocycles. The fraction of sp³-hybridized carbons (Fsp3) is 0.304. The number of ether oxygens (including phenoxy) is 1. The third-order valence-electron chi connectivity index (χ3n) is 5.21. The van der Waals surface area contributed by atoms with Crippen molar-refractivity contribution in [2.75, 3.05) is 18.1 Å². The van der Waals surface area contributed by atoms with E-state index < -0.39 is 23.7 Å². The molecular formula is C23H23N3O5. The van der Waals surface area contributed by atoms with Gasteiger partial charge in [0.2, 0.25) is 6.17 Å². The smallest absolute Gasteiger partial charge is 0.409 e. The molecule has 2 heterocycles. The van der Waals surface area contributed by atoms with Gasteiger partial charge in [0.05, 0.1) is 17.9 Å². The summed E-state index contributed by atoms with van der Waals surface area (Å²) in [6, 6.07) is 14.5. The molecule has 0 aliphatic carbocycles. The molecular weight excluding hydrogens is 398 g/mol. The first-order valence-corrected chi connectivity index (χ1v) is 9.93. The van der Waals surface area contributed by atoms with Gasteiger partial charge in [0.25, 0.3) is 5.91 Å². The lowest BCUT2D eigenvalue weighted by molar-refractivity contribution is -0.127. The Morgan fingerprint density at radius 1 is 1.13 bits per heavy atom. The van der Waals surface area contributed by atoms with Crippen LogP contribution in [0.2, 0.25) is 0 Å². The van der Waals surface area contributed by atoms with Gasteiger partial charge in [0.1, 0.15) is 12.4 Å². The van der Waals surface area contributed by atoms with Gasteiger partial charge in [-0.05, 0) is 26.8 Å². The predicted octanol–water partition coefficient (Wildman–Crippen LogP) is 2.94. The molecule has 2 aliphatic rings. The maximum Gasteiger partial charge on any atom is 0.409 e. The molecule has 4 rings (SSSR count). The molecule has 2 aromatic rings. The van der Waals surface area contributed by atoms with Crippen LogP contribution in [0, 0.1) is 0 Å². The molecule has 0 saturated heterocycles. The molecule has 1 N–H and O–H groups in total. The van der Waals surface area contributed by atoms with Crippen molar-refractivity contribution in [3.63, 3.8) is 0 Å². The topological polar surface area (TPSA) is 99.5 Å². The fourth-order valence-electron chi connectivity index (χ4n) is 3.89. The van der Waals surface area contributed by atoms with E-state index in [-0.39, 0.29) is 18.9 Å². The van der Waals surface area contributed by atoms with Crippen LogP contribution in [0.4, 0.5) is 10.5 Å². The number of carboxylic acid groups (broad SMARTS) is 1. The van der Waals surface area contributed by atoms with Gasteiger partial charge in [-0.1, -0.05) is 42.5 Å². The van der Waals surface area contributed by atoms with Crippen molar-refractivity contribution >= 4 is 29.2 Å². The first-order valence-electron chi connectivity index (χ1n) is 9.93. The van der Waals surface area contributed by atoms with Crippen LogP contribution in [-0.2, 0) is 9.59 Å². The third kappa shape index (κ3) is 3.65. The summed E-state index contributed by atoms with van der Waals surface area (Å²) in [5, 5.41) is 9.97. The normalized spacial score (nSPS) is 18.4. The Kier molecular flexibility index (Phi) is 5.00. The summed E-state index contributed by atoms with van der Waals surface area (Å²) in [7, 11) is 0. The minimum Gasteiger partial charge on any atom is -0.484 e. The lowest BCUT2D eigenvalue weighted by Crippen LogP contribution is -2.57. The molecule has 1 unspecified atom stereocenters. The van der Waals surface area contributed by atoms with Gasteiger partial charge >= 0.3 is 6.09 Å². The molecule has 8 heteroatoms. The van der Waals surface area contributed by atoms with Crippen molar-refractivity contribution in [1.29, 1.82) is 0 Å². The average Bonchev–Trinajstić information content (AvgIpc) is 2.95. The number of Topliss-reactive ketones (excluding diaryl/α,β-unsaturated/α-hetero) is 1. The first kappa shape index (κ1) is 20.6. The largest absolute Gasteiger partial charge is 0.484 e. The molecule has 0 saturated carbocycles. The molecule has 0 radical (unpaired) electrons. The number of carbonyl (C=O) groups is 3. The van der Waals surface area contributed by atoms with E-state index in [9.17, 15) is 19.5 Å². The molecule has 2 aromatic carbocycles. The Labute approximate surface area is 179 Å². The van der Waals surface area contributed by atoms with E-state index >= 15 is 0 Å². The summed E-state index contributed by atoms with van der Waals surface area (Å²) in [5.41, 5.74) is 1.32. The summed E-state index contributed by atoms with van der Waals surface area (Å²) in [6.07, 6.45) is -2.63. The lowest BCUT2D eigenvalue weighted by atomic mass is 9.99. The lowest BCUT2D eigenvalue weighted by Gasteiger charge is -2.37. The van der Waals surface area contributed by atoms with Crippen molar-refractivity contribution in [2.45, 2.75) is 32.5 Å². The first-order chi connectivity index (χ1) is 14.7. The van der Waals surface area contributed by atoms with Crippen LogP contribution in [-0.4, -0.2) is 58.4 Å². The highest BCUT2D eigenvalue weighted by Crippen LogP contribution is 2.39. The van der Waals surface area contributed by atoms with Crippen LogP contribution in [0.15, 0.2) is 53.5 Å². The second-order valence-corrected chi connectivity index (χ2v) is 8.44. The Morgan fingerprint density at radius 3 is 2.48 bits per heavy atom. The number of benzene rings is 2. The quantitative estimate of drug-likeness (QED) is 0.804. The number of nitrogens with zero attached hydrogens (tertiary/aromatic N) is 3. The molecule has 160 valence electrons. The van der Waals surface area contributed by atoms with E-state index in [1.165, 1.54) is 4.90 Å². The van der Waals surface area contributed by atoms with Gasteiger partial charge in [-0.15, -0.1) is 0 Å². The highest BCUT2D eigenvalue weighted by molar-refractivity contribution is 6.22. The van der Waals surface area contributed by atoms with Crippen molar-refractivity contribution in [2.24, 2.45) is 4.99 Å². The molecule has 1 atom stereocenters. The van der Waals surface area contributed by atoms with Gasteiger partial charge in [-0.2, -0.15) is 0 Å². The minimum absolute atomic E-state index is 0.162. The van der Waals surface area contributed by atoms with E-state index in [0.29, 0.717) is 22.7 Å². The molecule has 2 aliphatic heterocycles. The van der Waals surface area contributed by atoms with Crippen molar-refractivity contribution < 1.29 is 24.2 Å². The maximum atomic E-state index is 13.7. The molecule has 31 heavy (non-hydrogen) atoms. The number of anilines is 1. The highest BCUT2D eigenvalue weighted by atomic mass is 16.5. The van der Waals surface area contributed by atoms with Crippen LogP contribution in [0.25, 0.3) is 0 Å². The molecule has 8 nitrogen and oxygen atoms in total. The van der Waals surface area contributed by atoms with Crippen LogP contribution in [0.5, 0.6) is 5.75 Å². The monoisotopic (exact) mass is 421 g/mol. The van der Waals surface area contributed by atoms with Crippen molar-refractivity contribution in [3.8, 4) is 5.75 Å². The number of para-hydroxylation sites is 1. The molecule has 0 spiro atoms. The van der Waals surface area contributed by atoms with Crippen LogP contribution in [0.3, 0.4) is 0 Å². The van der Waals surface area contributed by atoms with E-state index in [1.807, 2.05) is 30.3 Å². The van der Waals surface area contributed by atoms with E-state index in [1.54, 1.807) is 39.0 Å². The summed E-state index contributed by atoms with van der Waals surface area (Å²) in [6.45, 7) is 4.73. The molecule has 2 amide bonds. The van der Waals surface area contributed by atoms with Gasteiger partial charge in [-0.3, -0.25) is 19.4 Å². The van der Waals surface area contributed by atoms with Crippen LogP contribution < -0.4 is 9.64 Å². The Morgan fingerprint density at radius 2 is 1.84 bits per heavy atom. The summed E-state index contributed by atoms with van der Waals surface area (Å²) >= 11 is 0. The van der Waals surface area contributed by atoms with E-state index in [2.05, 4.69) is 4.99 Å². The zero-order valence-electron chi connectivity index (χ0n) is 17.5. The number of rotatable bonds is 2. The summed E-state index contributed by atoms with van der Waals surface area (Å²) < 4.78 is 5.68. The second kappa shape index (κ2) is 7.54. The van der Waals surface area contributed by atoms with Crippen molar-refractivity contribution in [3.05, 3.63) is 59.7 Å². The van der Waals surface area contributed by atoms with Crippen molar-refractivity contribution in [1.82, 2.24) is 4.90 Å². The third-order valence-corrected chi connectivity index (χ3v) is 5.21. The Balaban J connectivity index is 2.02. The molecule has 0 bridgehead atoms. The van der Waals surface area contributed by atoms with Crippen LogP contribution >= 0.6 is 0 Å². The zero-order chi connectivity index (χ0) is 22.3. The number of carbonyl (C=O) groups excluding carboxylic acids is 2. The summed E-state index contributed by atoms with van der Waals surface area (Å²) in [4.78, 5) is 45.3. The Hall–Kier alpha value is -3.68. The van der Waals surface area contributed by atoms with Gasteiger partial charge < -0.3 is 9.84 Å². The van der Waals surface area contributed by atoms with Gasteiger partial charge in [0.15, 0.2) is 5.78 Å². The number of amides is 2. The zero-order valence-corrected chi connectivity index (χ0v) is 17.5. The van der Waals surface area contributed by atoms with Gasteiger partial charge in [0, 0.05) is 16.7 Å². The SMILES string of the molecule is CC(C)(C)N(C(=O)O)C1N=C(c2ccccc2)c2cccc3c2N(CC(=O)CO3)C1=O. The maximum absolute atomic E-state index is 13.7. The second-order valence-electron chi connectivity index (χ2n) is 8.44. The highest BCUT2D eigenvalue weighted by Gasteiger charge is 2.44. The minimum atomic E-state index is -1.36. The van der Waals surface area contributed by atoms with E-state index in [4.69, 9.17) is 4.74 Å². The number of aliphatic imine (C=N–C) groups is 1.